The van der Waals surface area contributed by atoms with Gasteiger partial charge in [-0.2, -0.15) is 9.97 Å². The number of aromatic nitrogens is 5. The van der Waals surface area contributed by atoms with Crippen molar-refractivity contribution in [2.75, 3.05) is 30.8 Å². The number of aryl methyl sites for hydroxylation is 1. The van der Waals surface area contributed by atoms with Crippen LogP contribution >= 0.6 is 0 Å². The first-order valence-corrected chi connectivity index (χ1v) is 10.1. The Labute approximate surface area is 182 Å². The maximum Gasteiger partial charge on any atom is 0.256 e. The molecule has 2 N–H and O–H groups in total. The van der Waals surface area contributed by atoms with Crippen molar-refractivity contribution in [1.29, 1.82) is 0 Å². The van der Waals surface area contributed by atoms with Crippen LogP contribution in [0.4, 0.5) is 24.9 Å². The van der Waals surface area contributed by atoms with Crippen LogP contribution in [-0.2, 0) is 6.54 Å². The summed E-state index contributed by atoms with van der Waals surface area (Å²) in [5.41, 5.74) is 1.54. The molecular formula is C21H24F3N7O. The lowest BCUT2D eigenvalue weighted by molar-refractivity contribution is 0.127. The molecule has 0 saturated heterocycles. The van der Waals surface area contributed by atoms with Crippen molar-refractivity contribution in [2.45, 2.75) is 39.4 Å². The van der Waals surface area contributed by atoms with Crippen molar-refractivity contribution < 1.29 is 17.9 Å². The van der Waals surface area contributed by atoms with Gasteiger partial charge in [-0.1, -0.05) is 6.08 Å². The number of hydrogen-bond acceptors (Lipinski definition) is 7. The number of methoxy groups -OCH3 is 1. The summed E-state index contributed by atoms with van der Waals surface area (Å²) >= 11 is 0. The van der Waals surface area contributed by atoms with Gasteiger partial charge >= 0.3 is 0 Å². The van der Waals surface area contributed by atoms with Crippen LogP contribution in [0.1, 0.15) is 30.8 Å². The van der Waals surface area contributed by atoms with Crippen molar-refractivity contribution in [3.63, 3.8) is 0 Å². The van der Waals surface area contributed by atoms with Crippen LogP contribution in [0, 0.1) is 6.92 Å². The van der Waals surface area contributed by atoms with E-state index in [-0.39, 0.29) is 12.5 Å². The summed E-state index contributed by atoms with van der Waals surface area (Å²) in [6, 6.07) is 1.78. The van der Waals surface area contributed by atoms with Crippen LogP contribution in [-0.4, -0.2) is 56.8 Å². The number of hydrogen-bond donors (Lipinski definition) is 2. The summed E-state index contributed by atoms with van der Waals surface area (Å²) in [6.07, 6.45) is 1.05. The second kappa shape index (κ2) is 8.29. The maximum atomic E-state index is 13.9. The van der Waals surface area contributed by atoms with E-state index >= 15 is 0 Å². The molecule has 4 heterocycles. The first-order chi connectivity index (χ1) is 15.2. The third-order valence-corrected chi connectivity index (χ3v) is 5.01. The fourth-order valence-corrected chi connectivity index (χ4v) is 3.58. The molecule has 32 heavy (non-hydrogen) atoms. The molecule has 8 nitrogen and oxygen atoms in total. The molecule has 3 aromatic heterocycles. The van der Waals surface area contributed by atoms with Crippen LogP contribution in [0.5, 0.6) is 5.88 Å². The molecule has 1 aliphatic rings. The van der Waals surface area contributed by atoms with Crippen LogP contribution in [0.3, 0.4) is 0 Å². The number of alkyl halides is 3. The molecule has 11 heteroatoms. The average Bonchev–Trinajstić information content (AvgIpc) is 3.04. The highest BCUT2D eigenvalue weighted by atomic mass is 19.3. The zero-order valence-corrected chi connectivity index (χ0v) is 18.2. The number of pyridine rings is 1. The Morgan fingerprint density at radius 3 is 2.75 bits per heavy atom. The highest BCUT2D eigenvalue weighted by Gasteiger charge is 2.25. The molecule has 1 aliphatic heterocycles. The van der Waals surface area contributed by atoms with Gasteiger partial charge in [0.05, 0.1) is 31.3 Å². The summed E-state index contributed by atoms with van der Waals surface area (Å²) in [7, 11) is 1.49. The molecule has 170 valence electrons. The quantitative estimate of drug-likeness (QED) is 0.569. The summed E-state index contributed by atoms with van der Waals surface area (Å²) in [4.78, 5) is 17.5. The minimum Gasteiger partial charge on any atom is -0.480 e. The first-order valence-electron chi connectivity index (χ1n) is 10.1. The number of fused-ring (bicyclic) bond motifs is 2. The number of nitrogens with one attached hydrogen (secondary N) is 2. The Morgan fingerprint density at radius 1 is 1.28 bits per heavy atom. The van der Waals surface area contributed by atoms with Crippen molar-refractivity contribution in [2.24, 2.45) is 0 Å². The molecule has 0 aliphatic carbocycles. The lowest BCUT2D eigenvalue weighted by Crippen LogP contribution is -2.26. The molecule has 3 aromatic rings. The van der Waals surface area contributed by atoms with E-state index in [0.29, 0.717) is 46.4 Å². The lowest BCUT2D eigenvalue weighted by atomic mass is 9.97. The lowest BCUT2D eigenvalue weighted by Gasteiger charge is -2.22. The van der Waals surface area contributed by atoms with E-state index < -0.39 is 18.6 Å². The second-order valence-electron chi connectivity index (χ2n) is 8.08. The summed E-state index contributed by atoms with van der Waals surface area (Å²) < 4.78 is 47.0. The largest absolute Gasteiger partial charge is 0.480 e. The normalized spacial score (nSPS) is 13.7. The van der Waals surface area contributed by atoms with Gasteiger partial charge in [0.15, 0.2) is 5.65 Å². The van der Waals surface area contributed by atoms with E-state index in [1.165, 1.54) is 25.5 Å². The van der Waals surface area contributed by atoms with Crippen molar-refractivity contribution in [3.8, 4) is 5.88 Å². The number of halogens is 3. The molecule has 0 unspecified atom stereocenters. The van der Waals surface area contributed by atoms with Gasteiger partial charge in [0.2, 0.25) is 11.8 Å². The number of ether oxygens (including phenoxy) is 1. The van der Waals surface area contributed by atoms with E-state index in [4.69, 9.17) is 4.74 Å². The molecule has 0 aromatic carbocycles. The Morgan fingerprint density at radius 2 is 2.06 bits per heavy atom. The Bertz CT molecular complexity index is 1180. The highest BCUT2D eigenvalue weighted by Crippen LogP contribution is 2.38. The smallest absolute Gasteiger partial charge is 0.256 e. The molecule has 4 rings (SSSR count). The van der Waals surface area contributed by atoms with Gasteiger partial charge in [0, 0.05) is 18.3 Å². The van der Waals surface area contributed by atoms with Gasteiger partial charge in [-0.3, -0.25) is 0 Å². The van der Waals surface area contributed by atoms with Crippen molar-refractivity contribution in [1.82, 2.24) is 24.5 Å². The second-order valence-corrected chi connectivity index (χ2v) is 8.08. The van der Waals surface area contributed by atoms with Gasteiger partial charge in [0.25, 0.3) is 6.43 Å². The van der Waals surface area contributed by atoms with Gasteiger partial charge in [-0.25, -0.2) is 23.1 Å². The Kier molecular flexibility index (Phi) is 5.66. The minimum atomic E-state index is -2.51. The molecule has 0 spiro atoms. The third-order valence-electron chi connectivity index (χ3n) is 5.01. The standard InChI is InChI=1S/C21H24F3N7O/c1-11-28-17-14(31(11)9-15(22)23)7-12(8-26-17)13-5-6-25-18-16(13)19(32-4)30-20(29-18)27-10-21(2,3)24/h5,7-8,15H,6,9-10H2,1-4H3,(H2,25,27,29,30). The van der Waals surface area contributed by atoms with Crippen LogP contribution in [0.15, 0.2) is 18.3 Å². The number of nitrogens with zero attached hydrogens (tertiary/aromatic N) is 5. The summed E-state index contributed by atoms with van der Waals surface area (Å²) in [5, 5.41) is 6.06. The zero-order chi connectivity index (χ0) is 23.0. The first kappa shape index (κ1) is 21.8. The predicted molar refractivity (Wildman–Crippen MR) is 116 cm³/mol. The predicted octanol–water partition coefficient (Wildman–Crippen LogP) is 3.82. The topological polar surface area (TPSA) is 89.8 Å². The number of imidazole rings is 1. The maximum absolute atomic E-state index is 13.9. The van der Waals surface area contributed by atoms with E-state index in [1.54, 1.807) is 19.2 Å². The van der Waals surface area contributed by atoms with Crippen molar-refractivity contribution >= 4 is 28.5 Å². The SMILES string of the molecule is COc1nc(NCC(C)(C)F)nc2c1C(c1cnc3nc(C)n(CC(F)F)c3c1)=CCN2. The van der Waals surface area contributed by atoms with Gasteiger partial charge in [0.1, 0.15) is 17.3 Å². The van der Waals surface area contributed by atoms with E-state index in [9.17, 15) is 13.2 Å². The molecule has 0 bridgehead atoms. The molecule has 0 radical (unpaired) electrons. The molecule has 0 atom stereocenters. The summed E-state index contributed by atoms with van der Waals surface area (Å²) in [5.74, 6) is 1.52. The van der Waals surface area contributed by atoms with Crippen molar-refractivity contribution in [3.05, 3.63) is 35.3 Å². The highest BCUT2D eigenvalue weighted by molar-refractivity contribution is 5.91. The van der Waals surface area contributed by atoms with E-state index in [1.807, 2.05) is 6.08 Å². The Balaban J connectivity index is 1.76. The van der Waals surface area contributed by atoms with Crippen LogP contribution < -0.4 is 15.4 Å². The fraction of sp³-hybridized carbons (Fsp3) is 0.429. The van der Waals surface area contributed by atoms with E-state index in [0.717, 1.165) is 5.57 Å². The number of rotatable bonds is 7. The summed E-state index contributed by atoms with van der Waals surface area (Å²) in [6.45, 7) is 4.64. The van der Waals surface area contributed by atoms with Gasteiger partial charge in [-0.05, 0) is 32.4 Å². The zero-order valence-electron chi connectivity index (χ0n) is 18.2. The molecule has 0 fully saturated rings. The Hall–Kier alpha value is -3.37. The van der Waals surface area contributed by atoms with Crippen LogP contribution in [0.25, 0.3) is 16.7 Å². The third kappa shape index (κ3) is 4.32. The van der Waals surface area contributed by atoms with E-state index in [2.05, 4.69) is 30.6 Å². The van der Waals surface area contributed by atoms with Crippen LogP contribution in [0.2, 0.25) is 0 Å². The monoisotopic (exact) mass is 447 g/mol. The van der Waals surface area contributed by atoms with Gasteiger partial charge < -0.3 is 19.9 Å². The molecular weight excluding hydrogens is 423 g/mol. The fourth-order valence-electron chi connectivity index (χ4n) is 3.58. The molecule has 0 amide bonds. The molecule has 0 saturated carbocycles. The van der Waals surface area contributed by atoms with Gasteiger partial charge in [-0.15, -0.1) is 0 Å². The number of anilines is 2. The average molecular weight is 447 g/mol. The minimum absolute atomic E-state index is 0.0334.